The van der Waals surface area contributed by atoms with Gasteiger partial charge in [-0.05, 0) is 13.3 Å². The molecule has 1 unspecified atom stereocenters. The van der Waals surface area contributed by atoms with Crippen molar-refractivity contribution in [2.75, 3.05) is 0 Å². The Labute approximate surface area is 96.0 Å². The van der Waals surface area contributed by atoms with Gasteiger partial charge >= 0.3 is 0 Å². The summed E-state index contributed by atoms with van der Waals surface area (Å²) in [5, 5.41) is 9.49. The molecule has 1 atom stereocenters. The fourth-order valence-electron chi connectivity index (χ4n) is 1.43. The van der Waals surface area contributed by atoms with Crippen molar-refractivity contribution in [2.24, 2.45) is 0 Å². The van der Waals surface area contributed by atoms with Crippen LogP contribution < -0.4 is 5.32 Å². The molecule has 0 aliphatic heterocycles. The second-order valence-electron chi connectivity index (χ2n) is 3.98. The van der Waals surface area contributed by atoms with E-state index in [1.807, 2.05) is 13.8 Å². The molecule has 5 nitrogen and oxygen atoms in total. The smallest absolute Gasteiger partial charge is 0.291 e. The van der Waals surface area contributed by atoms with Crippen LogP contribution >= 0.6 is 0 Å². The van der Waals surface area contributed by atoms with Gasteiger partial charge in [-0.15, -0.1) is 5.10 Å². The molecule has 1 heterocycles. The first-order valence-electron chi connectivity index (χ1n) is 5.89. The standard InChI is InChI=1S/C11H20N4O/c1-4-6-7-8(3)12-11(16)10-13-9(5-2)14-15-10/h8H,4-7H2,1-3H3,(H,12,16)(H,13,14,15). The van der Waals surface area contributed by atoms with Crippen molar-refractivity contribution < 1.29 is 4.79 Å². The van der Waals surface area contributed by atoms with Gasteiger partial charge in [0.1, 0.15) is 5.82 Å². The van der Waals surface area contributed by atoms with E-state index in [4.69, 9.17) is 0 Å². The molecule has 1 aromatic rings. The summed E-state index contributed by atoms with van der Waals surface area (Å²) in [6.45, 7) is 6.10. The fraction of sp³-hybridized carbons (Fsp3) is 0.727. The molecule has 0 bridgehead atoms. The minimum absolute atomic E-state index is 0.177. The summed E-state index contributed by atoms with van der Waals surface area (Å²) in [5.74, 6) is 0.783. The number of nitrogens with one attached hydrogen (secondary N) is 2. The van der Waals surface area contributed by atoms with Crippen LogP contribution in [0.5, 0.6) is 0 Å². The number of carbonyl (C=O) groups excluding carboxylic acids is 1. The van der Waals surface area contributed by atoms with Gasteiger partial charge in [0.2, 0.25) is 5.82 Å². The summed E-state index contributed by atoms with van der Waals surface area (Å²) in [7, 11) is 0. The number of aromatic nitrogens is 3. The van der Waals surface area contributed by atoms with Crippen LogP contribution in [0, 0.1) is 0 Å². The molecule has 90 valence electrons. The van der Waals surface area contributed by atoms with Crippen molar-refractivity contribution in [1.82, 2.24) is 20.5 Å². The maximum Gasteiger partial charge on any atom is 0.291 e. The van der Waals surface area contributed by atoms with E-state index in [0.29, 0.717) is 0 Å². The molecule has 0 spiro atoms. The van der Waals surface area contributed by atoms with Crippen LogP contribution in [-0.2, 0) is 6.42 Å². The number of unbranched alkanes of at least 4 members (excludes halogenated alkanes) is 1. The van der Waals surface area contributed by atoms with Crippen LogP contribution in [0.4, 0.5) is 0 Å². The van der Waals surface area contributed by atoms with Crippen molar-refractivity contribution in [2.45, 2.75) is 52.5 Å². The molecule has 0 radical (unpaired) electrons. The second-order valence-corrected chi connectivity index (χ2v) is 3.98. The van der Waals surface area contributed by atoms with Crippen molar-refractivity contribution in [3.05, 3.63) is 11.6 Å². The molecule has 2 N–H and O–H groups in total. The zero-order valence-electron chi connectivity index (χ0n) is 10.2. The maximum atomic E-state index is 11.7. The molecule has 1 rings (SSSR count). The average Bonchev–Trinajstić information content (AvgIpc) is 2.74. The van der Waals surface area contributed by atoms with E-state index in [2.05, 4.69) is 27.4 Å². The molecule has 0 aromatic carbocycles. The highest BCUT2D eigenvalue weighted by Gasteiger charge is 2.13. The van der Waals surface area contributed by atoms with Crippen LogP contribution in [0.15, 0.2) is 0 Å². The number of hydrogen-bond acceptors (Lipinski definition) is 3. The first-order valence-corrected chi connectivity index (χ1v) is 5.89. The monoisotopic (exact) mass is 224 g/mol. The van der Waals surface area contributed by atoms with Gasteiger partial charge in [-0.1, -0.05) is 26.7 Å². The van der Waals surface area contributed by atoms with Gasteiger partial charge in [-0.3, -0.25) is 9.89 Å². The molecule has 0 aliphatic rings. The Morgan fingerprint density at radius 1 is 1.50 bits per heavy atom. The number of H-pyrrole nitrogens is 1. The quantitative estimate of drug-likeness (QED) is 0.772. The molecule has 16 heavy (non-hydrogen) atoms. The molecular formula is C11H20N4O. The van der Waals surface area contributed by atoms with E-state index in [9.17, 15) is 4.79 Å². The topological polar surface area (TPSA) is 70.7 Å². The Morgan fingerprint density at radius 2 is 2.25 bits per heavy atom. The zero-order valence-corrected chi connectivity index (χ0v) is 10.2. The van der Waals surface area contributed by atoms with Crippen LogP contribution in [0.25, 0.3) is 0 Å². The molecule has 0 fully saturated rings. The van der Waals surface area contributed by atoms with Gasteiger partial charge in [0.05, 0.1) is 0 Å². The van der Waals surface area contributed by atoms with Crippen LogP contribution in [0.2, 0.25) is 0 Å². The molecular weight excluding hydrogens is 204 g/mol. The molecule has 0 saturated carbocycles. The maximum absolute atomic E-state index is 11.7. The normalized spacial score (nSPS) is 12.4. The lowest BCUT2D eigenvalue weighted by Crippen LogP contribution is -2.33. The Morgan fingerprint density at radius 3 is 2.81 bits per heavy atom. The SMILES string of the molecule is CCCCC(C)NC(=O)c1n[nH]c(CC)n1. The summed E-state index contributed by atoms with van der Waals surface area (Å²) in [4.78, 5) is 15.8. The number of aromatic amines is 1. The molecule has 0 saturated heterocycles. The third-order valence-corrected chi connectivity index (χ3v) is 2.44. The van der Waals surface area contributed by atoms with Crippen molar-refractivity contribution in [3.8, 4) is 0 Å². The van der Waals surface area contributed by atoms with Gasteiger partial charge in [0.25, 0.3) is 5.91 Å². The van der Waals surface area contributed by atoms with Gasteiger partial charge in [-0.25, -0.2) is 4.98 Å². The van der Waals surface area contributed by atoms with Gasteiger partial charge in [-0.2, -0.15) is 0 Å². The summed E-state index contributed by atoms with van der Waals surface area (Å²) in [5.41, 5.74) is 0. The Balaban J connectivity index is 2.45. The highest BCUT2D eigenvalue weighted by molar-refractivity contribution is 5.90. The lowest BCUT2D eigenvalue weighted by Gasteiger charge is -2.11. The lowest BCUT2D eigenvalue weighted by molar-refractivity contribution is 0.0928. The summed E-state index contributed by atoms with van der Waals surface area (Å²) in [6, 6.07) is 0.177. The van der Waals surface area contributed by atoms with E-state index in [-0.39, 0.29) is 17.8 Å². The van der Waals surface area contributed by atoms with Crippen molar-refractivity contribution in [3.63, 3.8) is 0 Å². The fourth-order valence-corrected chi connectivity index (χ4v) is 1.43. The molecule has 1 aromatic heterocycles. The van der Waals surface area contributed by atoms with Crippen molar-refractivity contribution >= 4 is 5.91 Å². The first kappa shape index (κ1) is 12.7. The summed E-state index contributed by atoms with van der Waals surface area (Å²) < 4.78 is 0. The van der Waals surface area contributed by atoms with E-state index < -0.39 is 0 Å². The summed E-state index contributed by atoms with van der Waals surface area (Å²) >= 11 is 0. The zero-order chi connectivity index (χ0) is 12.0. The average molecular weight is 224 g/mol. The van der Waals surface area contributed by atoms with E-state index in [1.54, 1.807) is 0 Å². The molecule has 1 amide bonds. The number of nitrogens with zero attached hydrogens (tertiary/aromatic N) is 2. The van der Waals surface area contributed by atoms with Crippen LogP contribution in [-0.4, -0.2) is 27.1 Å². The first-order chi connectivity index (χ1) is 7.67. The van der Waals surface area contributed by atoms with Gasteiger partial charge < -0.3 is 5.32 Å². The Kier molecular flexibility index (Phi) is 4.95. The number of carbonyl (C=O) groups is 1. The third kappa shape index (κ3) is 3.64. The minimum Gasteiger partial charge on any atom is -0.347 e. The van der Waals surface area contributed by atoms with E-state index in [1.165, 1.54) is 0 Å². The van der Waals surface area contributed by atoms with Crippen LogP contribution in [0.1, 0.15) is 56.5 Å². The highest BCUT2D eigenvalue weighted by atomic mass is 16.2. The highest BCUT2D eigenvalue weighted by Crippen LogP contribution is 2.01. The van der Waals surface area contributed by atoms with Crippen molar-refractivity contribution in [1.29, 1.82) is 0 Å². The summed E-state index contributed by atoms with van der Waals surface area (Å²) in [6.07, 6.45) is 4.01. The molecule has 5 heteroatoms. The predicted octanol–water partition coefficient (Wildman–Crippen LogP) is 1.68. The van der Waals surface area contributed by atoms with Crippen LogP contribution in [0.3, 0.4) is 0 Å². The largest absolute Gasteiger partial charge is 0.347 e. The van der Waals surface area contributed by atoms with Gasteiger partial charge in [0.15, 0.2) is 0 Å². The Bertz CT molecular complexity index is 334. The number of aryl methyl sites for hydroxylation is 1. The predicted molar refractivity (Wildman–Crippen MR) is 62.2 cm³/mol. The molecule has 0 aliphatic carbocycles. The number of hydrogen-bond donors (Lipinski definition) is 2. The van der Waals surface area contributed by atoms with E-state index in [0.717, 1.165) is 31.5 Å². The van der Waals surface area contributed by atoms with E-state index >= 15 is 0 Å². The minimum atomic E-state index is -0.195. The Hall–Kier alpha value is -1.39. The second kappa shape index (κ2) is 6.25. The number of amides is 1. The number of rotatable bonds is 6. The van der Waals surface area contributed by atoms with Gasteiger partial charge in [0, 0.05) is 12.5 Å². The lowest BCUT2D eigenvalue weighted by atomic mass is 10.1. The third-order valence-electron chi connectivity index (χ3n) is 2.44.